The van der Waals surface area contributed by atoms with Gasteiger partial charge in [-0.15, -0.1) is 6.58 Å². The Balaban J connectivity index is 1.83. The minimum absolute atomic E-state index is 0.140. The number of quaternary nitrogens is 1. The summed E-state index contributed by atoms with van der Waals surface area (Å²) in [5.41, 5.74) is 0.292. The first-order valence-corrected chi connectivity index (χ1v) is 8.13. The van der Waals surface area contributed by atoms with E-state index in [1.165, 1.54) is 0 Å². The average molecular weight is 326 g/mol. The largest absolute Gasteiger partial charge is 0.416 e. The van der Waals surface area contributed by atoms with Crippen molar-refractivity contribution in [2.45, 2.75) is 31.6 Å². The van der Waals surface area contributed by atoms with Gasteiger partial charge in [0.05, 0.1) is 25.3 Å². The molecule has 0 radical (unpaired) electrons. The normalized spacial score (nSPS) is 33.7. The number of alkyl halides is 3. The number of aliphatic hydroxyl groups is 1. The molecule has 5 heteroatoms. The van der Waals surface area contributed by atoms with E-state index in [0.717, 1.165) is 48.1 Å². The number of hydrogen-bond acceptors (Lipinski definition) is 1. The van der Waals surface area contributed by atoms with Gasteiger partial charge in [0.15, 0.2) is 0 Å². The third kappa shape index (κ3) is 3.04. The monoisotopic (exact) mass is 326 g/mol. The van der Waals surface area contributed by atoms with Crippen LogP contribution in [-0.2, 0) is 12.7 Å². The van der Waals surface area contributed by atoms with Gasteiger partial charge in [0.1, 0.15) is 12.6 Å². The van der Waals surface area contributed by atoms with Crippen molar-refractivity contribution in [2.75, 3.05) is 19.7 Å². The molecule has 0 spiro atoms. The van der Waals surface area contributed by atoms with E-state index in [9.17, 15) is 18.3 Å². The molecule has 3 aliphatic rings. The van der Waals surface area contributed by atoms with Crippen molar-refractivity contribution in [3.05, 3.63) is 48.0 Å². The number of rotatable bonds is 4. The first kappa shape index (κ1) is 16.5. The molecule has 2 nitrogen and oxygen atoms in total. The van der Waals surface area contributed by atoms with Gasteiger partial charge in [-0.25, -0.2) is 0 Å². The fourth-order valence-corrected chi connectivity index (χ4v) is 4.44. The molecule has 2 unspecified atom stereocenters. The van der Waals surface area contributed by atoms with E-state index in [1.807, 2.05) is 6.08 Å². The highest BCUT2D eigenvalue weighted by Crippen LogP contribution is 2.43. The van der Waals surface area contributed by atoms with E-state index < -0.39 is 11.7 Å². The minimum atomic E-state index is -4.30. The fraction of sp³-hybridized carbons (Fsp3) is 0.556. The molecule has 1 aromatic rings. The summed E-state index contributed by atoms with van der Waals surface area (Å²) in [6.07, 6.45) is -0.199. The van der Waals surface area contributed by atoms with Gasteiger partial charge in [-0.05, 0) is 18.1 Å². The second kappa shape index (κ2) is 5.95. The second-order valence-electron chi connectivity index (χ2n) is 7.00. The van der Waals surface area contributed by atoms with Gasteiger partial charge in [-0.1, -0.05) is 18.2 Å². The third-order valence-electron chi connectivity index (χ3n) is 5.77. The van der Waals surface area contributed by atoms with E-state index in [-0.39, 0.29) is 12.6 Å². The molecule has 3 aliphatic heterocycles. The quantitative estimate of drug-likeness (QED) is 0.662. The maximum absolute atomic E-state index is 12.7. The van der Waals surface area contributed by atoms with E-state index in [4.69, 9.17) is 0 Å². The first-order chi connectivity index (χ1) is 10.9. The highest BCUT2D eigenvalue weighted by molar-refractivity contribution is 5.24. The molecule has 23 heavy (non-hydrogen) atoms. The molecule has 0 saturated carbocycles. The van der Waals surface area contributed by atoms with Crippen LogP contribution in [0.3, 0.4) is 0 Å². The molecule has 0 amide bonds. The van der Waals surface area contributed by atoms with Crippen molar-refractivity contribution < 1.29 is 22.8 Å². The summed E-state index contributed by atoms with van der Waals surface area (Å²) in [6, 6.07) is 5.65. The van der Waals surface area contributed by atoms with Crippen LogP contribution < -0.4 is 0 Å². The highest BCUT2D eigenvalue weighted by atomic mass is 19.4. The van der Waals surface area contributed by atoms with Crippen LogP contribution in [0.2, 0.25) is 0 Å². The molecule has 3 fully saturated rings. The summed E-state index contributed by atoms with van der Waals surface area (Å²) >= 11 is 0. The second-order valence-corrected chi connectivity index (χ2v) is 7.00. The number of halogens is 3. The van der Waals surface area contributed by atoms with Crippen LogP contribution in [0.4, 0.5) is 13.2 Å². The van der Waals surface area contributed by atoms with Gasteiger partial charge < -0.3 is 9.59 Å². The van der Waals surface area contributed by atoms with Crippen molar-refractivity contribution in [1.82, 2.24) is 0 Å². The lowest BCUT2D eigenvalue weighted by atomic mass is 9.73. The average Bonchev–Trinajstić information content (AvgIpc) is 2.54. The zero-order valence-corrected chi connectivity index (χ0v) is 13.1. The van der Waals surface area contributed by atoms with Crippen molar-refractivity contribution in [2.24, 2.45) is 11.8 Å². The molecular formula is C18H23F3NO+. The summed E-state index contributed by atoms with van der Waals surface area (Å²) in [4.78, 5) is 0. The van der Waals surface area contributed by atoms with Crippen LogP contribution in [0.25, 0.3) is 0 Å². The van der Waals surface area contributed by atoms with Gasteiger partial charge in [0.2, 0.25) is 0 Å². The SMILES string of the molecule is C=C[C@H]1C[N+]2(Cc3ccc(C(F)(F)F)cc3)CCC1C[C@H]2CO. The van der Waals surface area contributed by atoms with Crippen LogP contribution in [-0.4, -0.2) is 35.3 Å². The van der Waals surface area contributed by atoms with Crippen LogP contribution in [0.5, 0.6) is 0 Å². The van der Waals surface area contributed by atoms with E-state index >= 15 is 0 Å². The number of hydrogen-bond donors (Lipinski definition) is 1. The Morgan fingerprint density at radius 1 is 1.26 bits per heavy atom. The van der Waals surface area contributed by atoms with Crippen LogP contribution in [0, 0.1) is 11.8 Å². The highest BCUT2D eigenvalue weighted by Gasteiger charge is 2.50. The van der Waals surface area contributed by atoms with Gasteiger partial charge in [0, 0.05) is 24.3 Å². The molecule has 1 N–H and O–H groups in total. The standard InChI is InChI=1S/C18H23F3NO/c1-2-14-11-22(8-7-15(14)9-17(22)12-23)10-13-3-5-16(6-4-13)18(19,20)21/h2-6,14-15,17,23H,1,7-12H2/q+1/t14-,15?,17-,22?/m0/s1. The maximum atomic E-state index is 12.7. The first-order valence-electron chi connectivity index (χ1n) is 8.13. The summed E-state index contributed by atoms with van der Waals surface area (Å²) in [7, 11) is 0. The summed E-state index contributed by atoms with van der Waals surface area (Å²) in [5, 5.41) is 9.78. The number of aliphatic hydroxyl groups excluding tert-OH is 1. The van der Waals surface area contributed by atoms with E-state index in [2.05, 4.69) is 6.58 Å². The Labute approximate surface area is 134 Å². The van der Waals surface area contributed by atoms with Crippen LogP contribution >= 0.6 is 0 Å². The number of piperidine rings is 3. The third-order valence-corrected chi connectivity index (χ3v) is 5.77. The lowest BCUT2D eigenvalue weighted by Gasteiger charge is -2.56. The number of benzene rings is 1. The molecule has 0 aliphatic carbocycles. The van der Waals surface area contributed by atoms with Crippen molar-refractivity contribution in [1.29, 1.82) is 0 Å². The van der Waals surface area contributed by atoms with Crippen molar-refractivity contribution in [3.63, 3.8) is 0 Å². The Morgan fingerprint density at radius 3 is 2.52 bits per heavy atom. The van der Waals surface area contributed by atoms with Crippen molar-refractivity contribution >= 4 is 0 Å². The molecule has 0 aromatic heterocycles. The predicted octanol–water partition coefficient (Wildman–Crippen LogP) is 3.61. The molecule has 4 rings (SSSR count). The summed E-state index contributed by atoms with van der Waals surface area (Å²) in [6.45, 7) is 6.67. The minimum Gasteiger partial charge on any atom is -0.390 e. The fourth-order valence-electron chi connectivity index (χ4n) is 4.44. The molecule has 2 bridgehead atoms. The van der Waals surface area contributed by atoms with E-state index in [1.54, 1.807) is 12.1 Å². The Bertz CT molecular complexity index is 569. The van der Waals surface area contributed by atoms with Gasteiger partial charge >= 0.3 is 6.18 Å². The summed E-state index contributed by atoms with van der Waals surface area (Å²) in [5.74, 6) is 1.04. The number of fused-ring (bicyclic) bond motifs is 3. The Kier molecular flexibility index (Phi) is 4.27. The van der Waals surface area contributed by atoms with E-state index in [0.29, 0.717) is 18.4 Å². The lowest BCUT2D eigenvalue weighted by molar-refractivity contribution is -0.981. The van der Waals surface area contributed by atoms with Gasteiger partial charge in [-0.3, -0.25) is 0 Å². The topological polar surface area (TPSA) is 20.2 Å². The molecule has 126 valence electrons. The smallest absolute Gasteiger partial charge is 0.390 e. The van der Waals surface area contributed by atoms with Crippen LogP contribution in [0.15, 0.2) is 36.9 Å². The van der Waals surface area contributed by atoms with Crippen LogP contribution in [0.1, 0.15) is 24.0 Å². The Morgan fingerprint density at radius 2 is 1.96 bits per heavy atom. The molecule has 1 aromatic carbocycles. The van der Waals surface area contributed by atoms with Gasteiger partial charge in [-0.2, -0.15) is 13.2 Å². The molecule has 3 saturated heterocycles. The lowest BCUT2D eigenvalue weighted by Crippen LogP contribution is -2.67. The molecule has 3 heterocycles. The van der Waals surface area contributed by atoms with Crippen molar-refractivity contribution in [3.8, 4) is 0 Å². The summed E-state index contributed by atoms with van der Waals surface area (Å²) < 4.78 is 38.8. The maximum Gasteiger partial charge on any atom is 0.416 e. The molecule has 4 atom stereocenters. The Hall–Kier alpha value is -1.33. The predicted molar refractivity (Wildman–Crippen MR) is 82.4 cm³/mol. The zero-order valence-electron chi connectivity index (χ0n) is 13.1. The number of nitrogens with zero attached hydrogens (tertiary/aromatic N) is 1. The van der Waals surface area contributed by atoms with Gasteiger partial charge in [0.25, 0.3) is 0 Å². The zero-order chi connectivity index (χ0) is 16.7. The molecular weight excluding hydrogens is 303 g/mol.